The van der Waals surface area contributed by atoms with E-state index in [9.17, 15) is 0 Å². The highest BCUT2D eigenvalue weighted by atomic mass is 15.2. The van der Waals surface area contributed by atoms with Gasteiger partial charge in [0.05, 0.1) is 22.8 Å². The molecule has 148 valence electrons. The zero-order valence-corrected chi connectivity index (χ0v) is 17.4. The highest BCUT2D eigenvalue weighted by Gasteiger charge is 2.19. The summed E-state index contributed by atoms with van der Waals surface area (Å²) in [5.74, 6) is 0.921. The lowest BCUT2D eigenvalue weighted by atomic mass is 10.2. The SMILES string of the molecule is Cc1nc(CCc2nc3c4ccccc4ccn3c2C)nc(C)c1N1CCCC1. The van der Waals surface area contributed by atoms with E-state index in [0.717, 1.165) is 54.5 Å². The lowest BCUT2D eigenvalue weighted by Crippen LogP contribution is -2.21. The van der Waals surface area contributed by atoms with Gasteiger partial charge in [0.2, 0.25) is 0 Å². The molecule has 0 unspecified atom stereocenters. The summed E-state index contributed by atoms with van der Waals surface area (Å²) in [5.41, 5.74) is 6.81. The van der Waals surface area contributed by atoms with E-state index in [1.165, 1.54) is 35.0 Å². The van der Waals surface area contributed by atoms with Crippen molar-refractivity contribution in [2.45, 2.75) is 46.5 Å². The molecule has 5 nitrogen and oxygen atoms in total. The Morgan fingerprint density at radius 2 is 1.59 bits per heavy atom. The summed E-state index contributed by atoms with van der Waals surface area (Å²) < 4.78 is 2.20. The number of anilines is 1. The van der Waals surface area contributed by atoms with Crippen LogP contribution in [0, 0.1) is 20.8 Å². The van der Waals surface area contributed by atoms with Crippen LogP contribution in [0.5, 0.6) is 0 Å². The molecule has 1 aromatic carbocycles. The number of aromatic nitrogens is 4. The normalized spacial score (nSPS) is 14.4. The zero-order valence-electron chi connectivity index (χ0n) is 17.4. The highest BCUT2D eigenvalue weighted by molar-refractivity contribution is 5.94. The van der Waals surface area contributed by atoms with Gasteiger partial charge in [0, 0.05) is 36.8 Å². The third-order valence-corrected chi connectivity index (χ3v) is 6.14. The summed E-state index contributed by atoms with van der Waals surface area (Å²) in [6, 6.07) is 10.6. The summed E-state index contributed by atoms with van der Waals surface area (Å²) in [4.78, 5) is 17.1. The second kappa shape index (κ2) is 7.14. The minimum Gasteiger partial charge on any atom is -0.369 e. The van der Waals surface area contributed by atoms with Gasteiger partial charge in [-0.05, 0) is 51.5 Å². The predicted molar refractivity (Wildman–Crippen MR) is 118 cm³/mol. The molecular formula is C24H27N5. The lowest BCUT2D eigenvalue weighted by Gasteiger charge is -2.21. The van der Waals surface area contributed by atoms with Gasteiger partial charge in [0.25, 0.3) is 0 Å². The van der Waals surface area contributed by atoms with Crippen LogP contribution in [-0.4, -0.2) is 32.4 Å². The number of benzene rings is 1. The van der Waals surface area contributed by atoms with Crippen LogP contribution in [0.2, 0.25) is 0 Å². The maximum Gasteiger partial charge on any atom is 0.145 e. The highest BCUT2D eigenvalue weighted by Crippen LogP contribution is 2.27. The van der Waals surface area contributed by atoms with Crippen LogP contribution in [0.3, 0.4) is 0 Å². The largest absolute Gasteiger partial charge is 0.369 e. The van der Waals surface area contributed by atoms with E-state index >= 15 is 0 Å². The molecule has 29 heavy (non-hydrogen) atoms. The van der Waals surface area contributed by atoms with Crippen LogP contribution in [0.25, 0.3) is 16.4 Å². The van der Waals surface area contributed by atoms with Crippen LogP contribution >= 0.6 is 0 Å². The van der Waals surface area contributed by atoms with Gasteiger partial charge >= 0.3 is 0 Å². The molecule has 0 spiro atoms. The van der Waals surface area contributed by atoms with Crippen molar-refractivity contribution in [3.8, 4) is 0 Å². The second-order valence-electron chi connectivity index (χ2n) is 8.09. The molecule has 0 radical (unpaired) electrons. The molecular weight excluding hydrogens is 358 g/mol. The first-order valence-corrected chi connectivity index (χ1v) is 10.6. The third kappa shape index (κ3) is 3.15. The Kier molecular flexibility index (Phi) is 4.46. The maximum atomic E-state index is 4.98. The van der Waals surface area contributed by atoms with E-state index in [1.54, 1.807) is 0 Å². The number of imidazole rings is 1. The van der Waals surface area contributed by atoms with Crippen molar-refractivity contribution in [2.75, 3.05) is 18.0 Å². The van der Waals surface area contributed by atoms with Crippen molar-refractivity contribution in [1.29, 1.82) is 0 Å². The summed E-state index contributed by atoms with van der Waals surface area (Å²) in [5, 5.41) is 2.42. The Labute approximate surface area is 171 Å². The van der Waals surface area contributed by atoms with Gasteiger partial charge in [0.1, 0.15) is 11.5 Å². The van der Waals surface area contributed by atoms with Crippen LogP contribution in [0.1, 0.15) is 41.4 Å². The molecule has 0 aliphatic carbocycles. The summed E-state index contributed by atoms with van der Waals surface area (Å²) in [6.45, 7) is 8.64. The molecule has 5 rings (SSSR count). The number of rotatable bonds is 4. The number of hydrogen-bond acceptors (Lipinski definition) is 4. The first-order chi connectivity index (χ1) is 14.1. The number of nitrogens with zero attached hydrogens (tertiary/aromatic N) is 5. The van der Waals surface area contributed by atoms with Gasteiger partial charge in [-0.25, -0.2) is 15.0 Å². The standard InChI is InChI=1S/C24H27N5/c1-16-23(28-13-6-7-14-28)17(2)26-22(25-16)11-10-21-18(3)29-15-12-19-8-4-5-9-20(19)24(29)27-21/h4-5,8-9,12,15H,6-7,10-11,13-14H2,1-3H3. The van der Waals surface area contributed by atoms with Gasteiger partial charge in [-0.1, -0.05) is 24.3 Å². The number of fused-ring (bicyclic) bond motifs is 3. The lowest BCUT2D eigenvalue weighted by molar-refractivity contribution is 0.805. The molecule has 0 amide bonds. The van der Waals surface area contributed by atoms with Crippen LogP contribution in [-0.2, 0) is 12.8 Å². The Morgan fingerprint density at radius 3 is 2.34 bits per heavy atom. The van der Waals surface area contributed by atoms with Gasteiger partial charge in [0.15, 0.2) is 0 Å². The smallest absolute Gasteiger partial charge is 0.145 e. The minimum atomic E-state index is 0.810. The number of aryl methyl sites for hydroxylation is 5. The number of hydrogen-bond donors (Lipinski definition) is 0. The summed E-state index contributed by atoms with van der Waals surface area (Å²) in [7, 11) is 0. The Bertz CT molecular complexity index is 1180. The van der Waals surface area contributed by atoms with Crippen molar-refractivity contribution < 1.29 is 0 Å². The average Bonchev–Trinajstić information content (AvgIpc) is 3.34. The van der Waals surface area contributed by atoms with Gasteiger partial charge in [-0.15, -0.1) is 0 Å². The molecule has 4 heterocycles. The quantitative estimate of drug-likeness (QED) is 0.515. The Balaban J connectivity index is 1.43. The van der Waals surface area contributed by atoms with E-state index in [0.29, 0.717) is 0 Å². The molecule has 3 aromatic heterocycles. The molecule has 0 N–H and O–H groups in total. The Morgan fingerprint density at radius 1 is 0.862 bits per heavy atom. The van der Waals surface area contributed by atoms with Crippen molar-refractivity contribution in [3.05, 3.63) is 65.1 Å². The van der Waals surface area contributed by atoms with Crippen LogP contribution < -0.4 is 4.90 Å². The van der Waals surface area contributed by atoms with Gasteiger partial charge in [-0.3, -0.25) is 0 Å². The third-order valence-electron chi connectivity index (χ3n) is 6.14. The fourth-order valence-corrected chi connectivity index (χ4v) is 4.69. The Hall–Kier alpha value is -2.95. The molecule has 1 saturated heterocycles. The van der Waals surface area contributed by atoms with Crippen LogP contribution in [0.15, 0.2) is 36.5 Å². The fourth-order valence-electron chi connectivity index (χ4n) is 4.69. The van der Waals surface area contributed by atoms with E-state index in [-0.39, 0.29) is 0 Å². The minimum absolute atomic E-state index is 0.810. The molecule has 1 aliphatic heterocycles. The van der Waals surface area contributed by atoms with E-state index < -0.39 is 0 Å². The summed E-state index contributed by atoms with van der Waals surface area (Å²) >= 11 is 0. The van der Waals surface area contributed by atoms with Crippen LogP contribution in [0.4, 0.5) is 5.69 Å². The van der Waals surface area contributed by atoms with Gasteiger partial charge < -0.3 is 9.30 Å². The van der Waals surface area contributed by atoms with Crippen molar-refractivity contribution >= 4 is 22.1 Å². The molecule has 1 aliphatic rings. The average molecular weight is 386 g/mol. The van der Waals surface area contributed by atoms with Crippen molar-refractivity contribution in [3.63, 3.8) is 0 Å². The zero-order chi connectivity index (χ0) is 20.0. The molecule has 0 saturated carbocycles. The predicted octanol–water partition coefficient (Wildman–Crippen LogP) is 4.59. The molecule has 0 atom stereocenters. The monoisotopic (exact) mass is 385 g/mol. The molecule has 1 fully saturated rings. The van der Waals surface area contributed by atoms with E-state index in [4.69, 9.17) is 15.0 Å². The fraction of sp³-hybridized carbons (Fsp3) is 0.375. The first kappa shape index (κ1) is 18.1. The van der Waals surface area contributed by atoms with Gasteiger partial charge in [-0.2, -0.15) is 0 Å². The second-order valence-corrected chi connectivity index (χ2v) is 8.09. The van der Waals surface area contributed by atoms with Crippen molar-refractivity contribution in [1.82, 2.24) is 19.4 Å². The molecule has 5 heteroatoms. The van der Waals surface area contributed by atoms with E-state index in [1.807, 2.05) is 0 Å². The van der Waals surface area contributed by atoms with Crippen molar-refractivity contribution in [2.24, 2.45) is 0 Å². The topological polar surface area (TPSA) is 46.3 Å². The number of pyridine rings is 1. The maximum absolute atomic E-state index is 4.98. The molecule has 0 bridgehead atoms. The first-order valence-electron chi connectivity index (χ1n) is 10.6. The summed E-state index contributed by atoms with van der Waals surface area (Å²) in [6.07, 6.45) is 6.32. The van der Waals surface area contributed by atoms with E-state index in [2.05, 4.69) is 66.6 Å². The molecule has 4 aromatic rings.